The Morgan fingerprint density at radius 3 is 3.00 bits per heavy atom. The van der Waals surface area contributed by atoms with Crippen molar-refractivity contribution in [2.24, 2.45) is 5.92 Å². The molecular formula is C13H15N3O2. The molecule has 2 atom stereocenters. The number of hydrogen-bond donors (Lipinski definition) is 2. The van der Waals surface area contributed by atoms with Crippen LogP contribution in [-0.4, -0.2) is 20.6 Å². The van der Waals surface area contributed by atoms with Crippen LogP contribution in [0.4, 0.5) is 5.82 Å². The first-order chi connectivity index (χ1) is 8.66. The largest absolute Gasteiger partial charge is 0.481 e. The van der Waals surface area contributed by atoms with Gasteiger partial charge in [0.1, 0.15) is 5.82 Å². The van der Waals surface area contributed by atoms with E-state index in [0.717, 1.165) is 23.7 Å². The molecule has 2 aromatic heterocycles. The molecule has 1 aliphatic carbocycles. The van der Waals surface area contributed by atoms with E-state index in [1.165, 1.54) is 0 Å². The van der Waals surface area contributed by atoms with Crippen LogP contribution in [-0.2, 0) is 4.79 Å². The maximum absolute atomic E-state index is 11.0. The molecule has 94 valence electrons. The molecule has 1 aliphatic rings. The third-order valence-corrected chi connectivity index (χ3v) is 3.83. The lowest BCUT2D eigenvalue weighted by Crippen LogP contribution is -2.11. The molecule has 18 heavy (non-hydrogen) atoms. The summed E-state index contributed by atoms with van der Waals surface area (Å²) < 4.78 is 2.14. The molecule has 3 rings (SSSR count). The molecule has 1 saturated carbocycles. The van der Waals surface area contributed by atoms with E-state index < -0.39 is 5.97 Å². The van der Waals surface area contributed by atoms with E-state index in [2.05, 4.69) is 9.55 Å². The van der Waals surface area contributed by atoms with E-state index >= 15 is 0 Å². The van der Waals surface area contributed by atoms with E-state index in [-0.39, 0.29) is 12.0 Å². The zero-order valence-corrected chi connectivity index (χ0v) is 9.91. The fourth-order valence-electron chi connectivity index (χ4n) is 2.86. The fourth-order valence-corrected chi connectivity index (χ4v) is 2.86. The van der Waals surface area contributed by atoms with Crippen molar-refractivity contribution in [3.05, 3.63) is 24.5 Å². The average molecular weight is 245 g/mol. The Bertz CT molecular complexity index is 605. The van der Waals surface area contributed by atoms with Crippen LogP contribution in [0.25, 0.3) is 10.9 Å². The number of aromatic nitrogens is 2. The molecule has 5 heteroatoms. The Kier molecular flexibility index (Phi) is 2.47. The molecule has 2 aromatic rings. The summed E-state index contributed by atoms with van der Waals surface area (Å²) in [5.74, 6) is -0.374. The van der Waals surface area contributed by atoms with Gasteiger partial charge in [-0.1, -0.05) is 0 Å². The number of carboxylic acids is 1. The van der Waals surface area contributed by atoms with E-state index in [0.29, 0.717) is 12.2 Å². The Morgan fingerprint density at radius 2 is 2.28 bits per heavy atom. The van der Waals surface area contributed by atoms with Crippen molar-refractivity contribution in [1.29, 1.82) is 0 Å². The van der Waals surface area contributed by atoms with Gasteiger partial charge in [-0.25, -0.2) is 4.98 Å². The third-order valence-electron chi connectivity index (χ3n) is 3.83. The second kappa shape index (κ2) is 4.01. The molecule has 0 radical (unpaired) electrons. The van der Waals surface area contributed by atoms with Gasteiger partial charge < -0.3 is 15.4 Å². The van der Waals surface area contributed by atoms with Gasteiger partial charge in [0.25, 0.3) is 0 Å². The number of carboxylic acid groups (broad SMARTS) is 1. The Hall–Kier alpha value is -2.04. The van der Waals surface area contributed by atoms with Gasteiger partial charge >= 0.3 is 5.97 Å². The van der Waals surface area contributed by atoms with Gasteiger partial charge in [0.2, 0.25) is 0 Å². The van der Waals surface area contributed by atoms with Crippen LogP contribution in [0.3, 0.4) is 0 Å². The fraction of sp³-hybridized carbons (Fsp3) is 0.385. The highest BCUT2D eigenvalue weighted by Gasteiger charge is 2.31. The summed E-state index contributed by atoms with van der Waals surface area (Å²) in [4.78, 5) is 15.1. The van der Waals surface area contributed by atoms with Crippen LogP contribution in [0.5, 0.6) is 0 Å². The van der Waals surface area contributed by atoms with E-state index in [1.54, 1.807) is 6.20 Å². The molecule has 2 heterocycles. The first kappa shape index (κ1) is 11.1. The number of anilines is 1. The van der Waals surface area contributed by atoms with Crippen molar-refractivity contribution in [2.75, 3.05) is 5.73 Å². The van der Waals surface area contributed by atoms with Crippen molar-refractivity contribution >= 4 is 22.7 Å². The molecule has 5 nitrogen and oxygen atoms in total. The number of carbonyl (C=O) groups is 1. The lowest BCUT2D eigenvalue weighted by atomic mass is 10.1. The molecule has 0 aromatic carbocycles. The van der Waals surface area contributed by atoms with E-state index in [1.807, 2.05) is 18.3 Å². The van der Waals surface area contributed by atoms with Crippen LogP contribution in [0.2, 0.25) is 0 Å². The van der Waals surface area contributed by atoms with Gasteiger partial charge in [-0.05, 0) is 31.4 Å². The summed E-state index contributed by atoms with van der Waals surface area (Å²) in [5.41, 5.74) is 6.87. The smallest absolute Gasteiger partial charge is 0.306 e. The van der Waals surface area contributed by atoms with Gasteiger partial charge in [-0.3, -0.25) is 4.79 Å². The highest BCUT2D eigenvalue weighted by molar-refractivity contribution is 5.89. The molecule has 0 amide bonds. The summed E-state index contributed by atoms with van der Waals surface area (Å²) in [6.45, 7) is 0. The molecule has 0 bridgehead atoms. The van der Waals surface area contributed by atoms with Crippen molar-refractivity contribution < 1.29 is 9.90 Å². The molecule has 0 saturated heterocycles. The highest BCUT2D eigenvalue weighted by Crippen LogP contribution is 2.37. The van der Waals surface area contributed by atoms with Crippen LogP contribution < -0.4 is 5.73 Å². The number of pyridine rings is 1. The minimum Gasteiger partial charge on any atom is -0.481 e. The summed E-state index contributed by atoms with van der Waals surface area (Å²) >= 11 is 0. The number of nitrogens with two attached hydrogens (primary N) is 1. The van der Waals surface area contributed by atoms with Crippen molar-refractivity contribution in [3.8, 4) is 0 Å². The number of nitrogens with zero attached hydrogens (tertiary/aromatic N) is 2. The van der Waals surface area contributed by atoms with Gasteiger partial charge in [0.05, 0.1) is 11.4 Å². The Balaban J connectivity index is 1.96. The van der Waals surface area contributed by atoms with Crippen LogP contribution >= 0.6 is 0 Å². The zero-order chi connectivity index (χ0) is 12.7. The number of fused-ring (bicyclic) bond motifs is 1. The first-order valence-electron chi connectivity index (χ1n) is 6.10. The maximum atomic E-state index is 11.0. The molecule has 0 aliphatic heterocycles. The second-order valence-corrected chi connectivity index (χ2v) is 4.85. The monoisotopic (exact) mass is 245 g/mol. The highest BCUT2D eigenvalue weighted by atomic mass is 16.4. The van der Waals surface area contributed by atoms with Crippen LogP contribution in [0, 0.1) is 5.92 Å². The lowest BCUT2D eigenvalue weighted by Gasteiger charge is -2.13. The Morgan fingerprint density at radius 1 is 1.44 bits per heavy atom. The van der Waals surface area contributed by atoms with Gasteiger partial charge in [-0.2, -0.15) is 0 Å². The predicted octanol–water partition coefficient (Wildman–Crippen LogP) is 2.04. The first-order valence-corrected chi connectivity index (χ1v) is 6.10. The number of rotatable bonds is 2. The molecular weight excluding hydrogens is 230 g/mol. The SMILES string of the molecule is Nc1nccc2c1ccn2[C@@H]1CC[C@@H](C(=O)O)C1. The summed E-state index contributed by atoms with van der Waals surface area (Å²) in [5, 5.41) is 9.99. The normalized spacial score (nSPS) is 23.6. The minimum absolute atomic E-state index is 0.216. The molecule has 0 unspecified atom stereocenters. The van der Waals surface area contributed by atoms with Crippen LogP contribution in [0.1, 0.15) is 25.3 Å². The van der Waals surface area contributed by atoms with Crippen molar-refractivity contribution in [2.45, 2.75) is 25.3 Å². The molecule has 1 fully saturated rings. The number of nitrogen functional groups attached to an aromatic ring is 1. The third kappa shape index (κ3) is 1.63. The quantitative estimate of drug-likeness (QED) is 0.848. The standard InChI is InChI=1S/C13H15N3O2/c14-12-10-4-6-16(11(10)3-5-15-12)9-2-1-8(7-9)13(17)18/h3-6,8-9H,1-2,7H2,(H2,14,15)(H,17,18)/t8-,9-/m1/s1. The van der Waals surface area contributed by atoms with Gasteiger partial charge in [0, 0.05) is 23.8 Å². The summed E-state index contributed by atoms with van der Waals surface area (Å²) in [7, 11) is 0. The van der Waals surface area contributed by atoms with Crippen LogP contribution in [0.15, 0.2) is 24.5 Å². The molecule has 3 N–H and O–H groups in total. The number of aliphatic carboxylic acids is 1. The second-order valence-electron chi connectivity index (χ2n) is 4.85. The summed E-state index contributed by atoms with van der Waals surface area (Å²) in [6, 6.07) is 4.14. The van der Waals surface area contributed by atoms with Crippen molar-refractivity contribution in [1.82, 2.24) is 9.55 Å². The lowest BCUT2D eigenvalue weighted by molar-refractivity contribution is -0.141. The zero-order valence-electron chi connectivity index (χ0n) is 9.91. The topological polar surface area (TPSA) is 81.1 Å². The van der Waals surface area contributed by atoms with Gasteiger partial charge in [0.15, 0.2) is 0 Å². The van der Waals surface area contributed by atoms with E-state index in [4.69, 9.17) is 10.8 Å². The maximum Gasteiger partial charge on any atom is 0.306 e. The Labute approximate surface area is 104 Å². The minimum atomic E-state index is -0.685. The predicted molar refractivity (Wildman–Crippen MR) is 68.2 cm³/mol. The average Bonchev–Trinajstić information content (AvgIpc) is 2.94. The summed E-state index contributed by atoms with van der Waals surface area (Å²) in [6.07, 6.45) is 6.03. The molecule has 0 spiro atoms. The van der Waals surface area contributed by atoms with Crippen molar-refractivity contribution in [3.63, 3.8) is 0 Å². The van der Waals surface area contributed by atoms with E-state index in [9.17, 15) is 4.79 Å². The van der Waals surface area contributed by atoms with Gasteiger partial charge in [-0.15, -0.1) is 0 Å². The number of hydrogen-bond acceptors (Lipinski definition) is 3.